The Bertz CT molecular complexity index is 615. The molecule has 2 aromatic rings. The van der Waals surface area contributed by atoms with Crippen LogP contribution in [0.25, 0.3) is 10.9 Å². The van der Waals surface area contributed by atoms with Gasteiger partial charge in [-0.2, -0.15) is 0 Å². The standard InChI is InChI=1S/C17H23N3O/c1-20(14-7-8-14)11-10-18-17(21)9-6-13-12-19-16-5-3-2-4-15(13)16/h2-5,12,14,19H,6-11H2,1H3,(H,18,21). The van der Waals surface area contributed by atoms with Gasteiger partial charge in [0.2, 0.25) is 5.91 Å². The van der Waals surface area contributed by atoms with Crippen LogP contribution in [-0.2, 0) is 11.2 Å². The molecule has 0 spiro atoms. The highest BCUT2D eigenvalue weighted by molar-refractivity contribution is 5.84. The van der Waals surface area contributed by atoms with Crippen molar-refractivity contribution in [3.8, 4) is 0 Å². The van der Waals surface area contributed by atoms with Crippen LogP contribution in [0.1, 0.15) is 24.8 Å². The van der Waals surface area contributed by atoms with Crippen LogP contribution in [0.15, 0.2) is 30.5 Å². The van der Waals surface area contributed by atoms with E-state index in [0.717, 1.165) is 31.1 Å². The number of hydrogen-bond acceptors (Lipinski definition) is 2. The first-order chi connectivity index (χ1) is 10.2. The van der Waals surface area contributed by atoms with E-state index in [1.165, 1.54) is 23.8 Å². The van der Waals surface area contributed by atoms with E-state index in [9.17, 15) is 4.79 Å². The van der Waals surface area contributed by atoms with E-state index in [1.807, 2.05) is 18.3 Å². The number of rotatable bonds is 7. The van der Waals surface area contributed by atoms with Gasteiger partial charge in [0.25, 0.3) is 0 Å². The Kier molecular flexibility index (Phi) is 4.25. The molecule has 1 aromatic carbocycles. The van der Waals surface area contributed by atoms with Crippen LogP contribution in [0, 0.1) is 0 Å². The van der Waals surface area contributed by atoms with Gasteiger partial charge in [0, 0.05) is 42.7 Å². The zero-order chi connectivity index (χ0) is 14.7. The molecular formula is C17H23N3O. The number of fused-ring (bicyclic) bond motifs is 1. The second-order valence-electron chi connectivity index (χ2n) is 5.92. The molecule has 1 amide bonds. The van der Waals surface area contributed by atoms with E-state index < -0.39 is 0 Å². The fourth-order valence-electron chi connectivity index (χ4n) is 2.74. The Balaban J connectivity index is 1.43. The highest BCUT2D eigenvalue weighted by atomic mass is 16.1. The van der Waals surface area contributed by atoms with Crippen molar-refractivity contribution in [2.24, 2.45) is 0 Å². The molecule has 1 aromatic heterocycles. The van der Waals surface area contributed by atoms with Gasteiger partial charge in [-0.05, 0) is 37.9 Å². The molecule has 1 aliphatic rings. The number of H-pyrrole nitrogens is 1. The lowest BCUT2D eigenvalue weighted by Gasteiger charge is -2.15. The minimum absolute atomic E-state index is 0.143. The van der Waals surface area contributed by atoms with Gasteiger partial charge in [0.1, 0.15) is 0 Å². The molecule has 1 heterocycles. The number of amides is 1. The summed E-state index contributed by atoms with van der Waals surface area (Å²) in [5.41, 5.74) is 2.36. The average Bonchev–Trinajstić information content (AvgIpc) is 3.26. The van der Waals surface area contributed by atoms with Crippen molar-refractivity contribution >= 4 is 16.8 Å². The molecule has 4 heteroatoms. The third-order valence-electron chi connectivity index (χ3n) is 4.25. The quantitative estimate of drug-likeness (QED) is 0.820. The fraction of sp³-hybridized carbons (Fsp3) is 0.471. The number of nitrogens with one attached hydrogen (secondary N) is 2. The van der Waals surface area contributed by atoms with E-state index >= 15 is 0 Å². The number of carbonyl (C=O) groups is 1. The van der Waals surface area contributed by atoms with Crippen LogP contribution < -0.4 is 5.32 Å². The summed E-state index contributed by atoms with van der Waals surface area (Å²) in [7, 11) is 2.13. The molecule has 0 unspecified atom stereocenters. The molecule has 0 bridgehead atoms. The molecule has 1 fully saturated rings. The van der Waals surface area contributed by atoms with Crippen LogP contribution in [0.4, 0.5) is 0 Å². The van der Waals surface area contributed by atoms with Crippen LogP contribution >= 0.6 is 0 Å². The van der Waals surface area contributed by atoms with E-state index in [1.54, 1.807) is 0 Å². The van der Waals surface area contributed by atoms with Gasteiger partial charge in [-0.15, -0.1) is 0 Å². The van der Waals surface area contributed by atoms with Crippen molar-refractivity contribution in [2.45, 2.75) is 31.7 Å². The smallest absolute Gasteiger partial charge is 0.220 e. The Labute approximate surface area is 125 Å². The number of nitrogens with zero attached hydrogens (tertiary/aromatic N) is 1. The molecule has 0 saturated heterocycles. The summed E-state index contributed by atoms with van der Waals surface area (Å²) < 4.78 is 0. The Morgan fingerprint density at radius 1 is 1.38 bits per heavy atom. The summed E-state index contributed by atoms with van der Waals surface area (Å²) in [6.45, 7) is 1.70. The normalized spacial score (nSPS) is 14.8. The van der Waals surface area contributed by atoms with Crippen LogP contribution in [0.2, 0.25) is 0 Å². The van der Waals surface area contributed by atoms with Crippen molar-refractivity contribution in [1.82, 2.24) is 15.2 Å². The zero-order valence-electron chi connectivity index (χ0n) is 12.6. The minimum atomic E-state index is 0.143. The second-order valence-corrected chi connectivity index (χ2v) is 5.92. The minimum Gasteiger partial charge on any atom is -0.361 e. The lowest BCUT2D eigenvalue weighted by Crippen LogP contribution is -2.34. The van der Waals surface area contributed by atoms with E-state index in [-0.39, 0.29) is 5.91 Å². The average molecular weight is 285 g/mol. The van der Waals surface area contributed by atoms with Crippen LogP contribution in [-0.4, -0.2) is 42.0 Å². The Morgan fingerprint density at radius 3 is 3.00 bits per heavy atom. The van der Waals surface area contributed by atoms with Crippen molar-refractivity contribution in [2.75, 3.05) is 20.1 Å². The molecule has 21 heavy (non-hydrogen) atoms. The maximum atomic E-state index is 11.9. The predicted octanol–water partition coefficient (Wildman–Crippen LogP) is 2.31. The number of aryl methyl sites for hydroxylation is 1. The summed E-state index contributed by atoms with van der Waals surface area (Å²) in [5, 5.41) is 4.24. The SMILES string of the molecule is CN(CCNC(=O)CCc1c[nH]c2ccccc12)C1CC1. The third kappa shape index (κ3) is 3.64. The number of benzene rings is 1. The fourth-order valence-corrected chi connectivity index (χ4v) is 2.74. The van der Waals surface area contributed by atoms with Gasteiger partial charge in [-0.3, -0.25) is 4.79 Å². The van der Waals surface area contributed by atoms with Gasteiger partial charge < -0.3 is 15.2 Å². The summed E-state index contributed by atoms with van der Waals surface area (Å²) in [5.74, 6) is 0.143. The topological polar surface area (TPSA) is 48.1 Å². The molecule has 1 saturated carbocycles. The molecule has 1 aliphatic carbocycles. The second kappa shape index (κ2) is 6.31. The molecule has 0 radical (unpaired) electrons. The van der Waals surface area contributed by atoms with Gasteiger partial charge >= 0.3 is 0 Å². The first kappa shape index (κ1) is 14.1. The van der Waals surface area contributed by atoms with Gasteiger partial charge in [0.15, 0.2) is 0 Å². The highest BCUT2D eigenvalue weighted by Gasteiger charge is 2.25. The summed E-state index contributed by atoms with van der Waals surface area (Å²) >= 11 is 0. The van der Waals surface area contributed by atoms with Crippen LogP contribution in [0.5, 0.6) is 0 Å². The number of hydrogen-bond donors (Lipinski definition) is 2. The van der Waals surface area contributed by atoms with Gasteiger partial charge in [-0.1, -0.05) is 18.2 Å². The molecule has 112 valence electrons. The summed E-state index contributed by atoms with van der Waals surface area (Å²) in [6.07, 6.45) is 5.97. The molecule has 0 aliphatic heterocycles. The number of aromatic amines is 1. The lowest BCUT2D eigenvalue weighted by molar-refractivity contribution is -0.121. The molecule has 0 atom stereocenters. The monoisotopic (exact) mass is 285 g/mol. The van der Waals surface area contributed by atoms with E-state index in [2.05, 4.69) is 34.4 Å². The summed E-state index contributed by atoms with van der Waals surface area (Å²) in [4.78, 5) is 17.5. The highest BCUT2D eigenvalue weighted by Crippen LogP contribution is 2.24. The Morgan fingerprint density at radius 2 is 2.19 bits per heavy atom. The Hall–Kier alpha value is -1.81. The van der Waals surface area contributed by atoms with Crippen LogP contribution in [0.3, 0.4) is 0 Å². The van der Waals surface area contributed by atoms with E-state index in [4.69, 9.17) is 0 Å². The molecule has 2 N–H and O–H groups in total. The maximum absolute atomic E-state index is 11.9. The van der Waals surface area contributed by atoms with Crippen molar-refractivity contribution in [3.63, 3.8) is 0 Å². The van der Waals surface area contributed by atoms with Gasteiger partial charge in [0.05, 0.1) is 0 Å². The number of aromatic nitrogens is 1. The van der Waals surface area contributed by atoms with Crippen molar-refractivity contribution in [3.05, 3.63) is 36.0 Å². The molecule has 3 rings (SSSR count). The lowest BCUT2D eigenvalue weighted by atomic mass is 10.1. The largest absolute Gasteiger partial charge is 0.361 e. The number of likely N-dealkylation sites (N-methyl/N-ethyl adjacent to an activating group) is 1. The first-order valence-corrected chi connectivity index (χ1v) is 7.76. The van der Waals surface area contributed by atoms with Crippen molar-refractivity contribution in [1.29, 1.82) is 0 Å². The zero-order valence-corrected chi connectivity index (χ0v) is 12.6. The molecule has 4 nitrogen and oxygen atoms in total. The maximum Gasteiger partial charge on any atom is 0.220 e. The van der Waals surface area contributed by atoms with E-state index in [0.29, 0.717) is 6.42 Å². The van der Waals surface area contributed by atoms with Crippen molar-refractivity contribution < 1.29 is 4.79 Å². The number of carbonyl (C=O) groups excluding carboxylic acids is 1. The summed E-state index contributed by atoms with van der Waals surface area (Å²) in [6, 6.07) is 8.98. The molecular weight excluding hydrogens is 262 g/mol. The van der Waals surface area contributed by atoms with Gasteiger partial charge in [-0.25, -0.2) is 0 Å². The third-order valence-corrected chi connectivity index (χ3v) is 4.25. The first-order valence-electron chi connectivity index (χ1n) is 7.76. The predicted molar refractivity (Wildman–Crippen MR) is 85.3 cm³/mol. The number of para-hydroxylation sites is 1.